The Balaban J connectivity index is 2.04. The Morgan fingerprint density at radius 2 is 2.00 bits per heavy atom. The standard InChI is InChI=1S/C13H20N2O3S/c1-2-7-13(16)9-15(10-13)19(17,18)8-11-5-3-4-6-12(11)14/h3-6,16H,2,7-10,14H2,1H3. The molecule has 1 aliphatic heterocycles. The third-order valence-corrected chi connectivity index (χ3v) is 5.16. The maximum Gasteiger partial charge on any atom is 0.218 e. The molecule has 0 amide bonds. The minimum absolute atomic E-state index is 0.109. The van der Waals surface area contributed by atoms with Crippen LogP contribution in [0, 0.1) is 0 Å². The van der Waals surface area contributed by atoms with Crippen LogP contribution in [0.3, 0.4) is 0 Å². The number of hydrogen-bond donors (Lipinski definition) is 2. The SMILES string of the molecule is CCCC1(O)CN(S(=O)(=O)Cc2ccccc2N)C1. The van der Waals surface area contributed by atoms with Gasteiger partial charge in [-0.2, -0.15) is 4.31 Å². The molecule has 3 N–H and O–H groups in total. The van der Waals surface area contributed by atoms with E-state index in [0.29, 0.717) is 17.7 Å². The molecule has 0 aliphatic carbocycles. The predicted octanol–water partition coefficient (Wildman–Crippen LogP) is 0.945. The normalized spacial score (nSPS) is 19.1. The summed E-state index contributed by atoms with van der Waals surface area (Å²) < 4.78 is 25.7. The van der Waals surface area contributed by atoms with Gasteiger partial charge in [0.2, 0.25) is 10.0 Å². The van der Waals surface area contributed by atoms with Gasteiger partial charge in [0.05, 0.1) is 11.4 Å². The molecule has 106 valence electrons. The summed E-state index contributed by atoms with van der Waals surface area (Å²) >= 11 is 0. The number of nitrogen functional groups attached to an aromatic ring is 1. The van der Waals surface area contributed by atoms with E-state index in [1.807, 2.05) is 6.92 Å². The molecule has 1 fully saturated rings. The highest BCUT2D eigenvalue weighted by Crippen LogP contribution is 2.30. The number of aliphatic hydroxyl groups is 1. The number of nitrogens with two attached hydrogens (primary N) is 1. The number of anilines is 1. The van der Waals surface area contributed by atoms with E-state index in [-0.39, 0.29) is 18.8 Å². The summed E-state index contributed by atoms with van der Waals surface area (Å²) in [6.07, 6.45) is 1.47. The van der Waals surface area contributed by atoms with Gasteiger partial charge in [0.15, 0.2) is 0 Å². The van der Waals surface area contributed by atoms with Crippen molar-refractivity contribution in [1.82, 2.24) is 4.31 Å². The van der Waals surface area contributed by atoms with Crippen molar-refractivity contribution < 1.29 is 13.5 Å². The van der Waals surface area contributed by atoms with Gasteiger partial charge in [-0.05, 0) is 18.1 Å². The van der Waals surface area contributed by atoms with E-state index in [1.54, 1.807) is 24.3 Å². The second-order valence-electron chi connectivity index (χ2n) is 5.20. The summed E-state index contributed by atoms with van der Waals surface area (Å²) in [4.78, 5) is 0. The average molecular weight is 284 g/mol. The first-order valence-electron chi connectivity index (χ1n) is 6.40. The minimum Gasteiger partial charge on any atom is -0.398 e. The fourth-order valence-electron chi connectivity index (χ4n) is 2.38. The monoisotopic (exact) mass is 284 g/mol. The van der Waals surface area contributed by atoms with Crippen molar-refractivity contribution in [3.63, 3.8) is 0 Å². The van der Waals surface area contributed by atoms with E-state index in [1.165, 1.54) is 4.31 Å². The van der Waals surface area contributed by atoms with Crippen LogP contribution in [0.1, 0.15) is 25.3 Å². The molecular weight excluding hydrogens is 264 g/mol. The first-order valence-corrected chi connectivity index (χ1v) is 8.01. The number of nitrogens with zero attached hydrogens (tertiary/aromatic N) is 1. The van der Waals surface area contributed by atoms with Crippen molar-refractivity contribution >= 4 is 15.7 Å². The molecule has 0 unspecified atom stereocenters. The number of sulfonamides is 1. The molecule has 0 bridgehead atoms. The van der Waals surface area contributed by atoms with E-state index < -0.39 is 15.6 Å². The van der Waals surface area contributed by atoms with E-state index in [0.717, 1.165) is 6.42 Å². The highest BCUT2D eigenvalue weighted by molar-refractivity contribution is 7.88. The van der Waals surface area contributed by atoms with Gasteiger partial charge >= 0.3 is 0 Å². The third kappa shape index (κ3) is 3.08. The highest BCUT2D eigenvalue weighted by Gasteiger charge is 2.45. The van der Waals surface area contributed by atoms with Crippen molar-refractivity contribution in [2.45, 2.75) is 31.1 Å². The Morgan fingerprint density at radius 1 is 1.37 bits per heavy atom. The van der Waals surface area contributed by atoms with Crippen LogP contribution < -0.4 is 5.73 Å². The van der Waals surface area contributed by atoms with Crippen LogP contribution in [0.4, 0.5) is 5.69 Å². The maximum atomic E-state index is 12.2. The fraction of sp³-hybridized carbons (Fsp3) is 0.538. The number of β-amino-alcohol motifs (C(OH)–C–C–N with tert-alkyl or cyclic N) is 1. The highest BCUT2D eigenvalue weighted by atomic mass is 32.2. The molecule has 0 spiro atoms. The molecule has 0 atom stereocenters. The lowest BCUT2D eigenvalue weighted by atomic mass is 9.92. The average Bonchev–Trinajstić information content (AvgIpc) is 2.29. The van der Waals surface area contributed by atoms with E-state index in [2.05, 4.69) is 0 Å². The molecule has 2 rings (SSSR count). The van der Waals surface area contributed by atoms with E-state index >= 15 is 0 Å². The lowest BCUT2D eigenvalue weighted by molar-refractivity contribution is -0.0653. The summed E-state index contributed by atoms with van der Waals surface area (Å²) in [5, 5.41) is 10.0. The number of hydrogen-bond acceptors (Lipinski definition) is 4. The van der Waals surface area contributed by atoms with Crippen LogP contribution in [-0.2, 0) is 15.8 Å². The smallest absolute Gasteiger partial charge is 0.218 e. The molecule has 1 heterocycles. The largest absolute Gasteiger partial charge is 0.398 e. The zero-order valence-corrected chi connectivity index (χ0v) is 11.9. The van der Waals surface area contributed by atoms with Gasteiger partial charge < -0.3 is 10.8 Å². The van der Waals surface area contributed by atoms with Crippen LogP contribution in [0.25, 0.3) is 0 Å². The molecule has 1 aromatic rings. The predicted molar refractivity (Wildman–Crippen MR) is 74.9 cm³/mol. The summed E-state index contributed by atoms with van der Waals surface area (Å²) in [7, 11) is -3.40. The number of benzene rings is 1. The van der Waals surface area contributed by atoms with Gasteiger partial charge in [0.1, 0.15) is 0 Å². The van der Waals surface area contributed by atoms with Crippen molar-refractivity contribution in [1.29, 1.82) is 0 Å². The van der Waals surface area contributed by atoms with E-state index in [9.17, 15) is 13.5 Å². The molecule has 1 aliphatic rings. The van der Waals surface area contributed by atoms with Gasteiger partial charge in [-0.25, -0.2) is 8.42 Å². The Bertz CT molecular complexity index is 551. The third-order valence-electron chi connectivity index (χ3n) is 3.44. The van der Waals surface area contributed by atoms with E-state index in [4.69, 9.17) is 5.73 Å². The van der Waals surface area contributed by atoms with Crippen molar-refractivity contribution in [3.8, 4) is 0 Å². The Kier molecular flexibility index (Phi) is 3.85. The molecule has 1 saturated heterocycles. The Morgan fingerprint density at radius 3 is 2.58 bits per heavy atom. The number of rotatable bonds is 5. The summed E-state index contributed by atoms with van der Waals surface area (Å²) in [6, 6.07) is 6.94. The van der Waals surface area contributed by atoms with Crippen LogP contribution in [-0.4, -0.2) is 36.5 Å². The van der Waals surface area contributed by atoms with Crippen molar-refractivity contribution in [3.05, 3.63) is 29.8 Å². The second kappa shape index (κ2) is 5.11. The molecule has 6 heteroatoms. The first kappa shape index (κ1) is 14.3. The van der Waals surface area contributed by atoms with Gasteiger partial charge in [0.25, 0.3) is 0 Å². The molecule has 0 saturated carbocycles. The zero-order valence-electron chi connectivity index (χ0n) is 11.0. The summed E-state index contributed by atoms with van der Waals surface area (Å²) in [5.74, 6) is -0.109. The van der Waals surface area contributed by atoms with Crippen molar-refractivity contribution in [2.75, 3.05) is 18.8 Å². The summed E-state index contributed by atoms with van der Waals surface area (Å²) in [5.41, 5.74) is 6.00. The lowest BCUT2D eigenvalue weighted by Gasteiger charge is -2.45. The van der Waals surface area contributed by atoms with Crippen molar-refractivity contribution in [2.24, 2.45) is 0 Å². The molecule has 0 aromatic heterocycles. The van der Waals surface area contributed by atoms with Crippen LogP contribution >= 0.6 is 0 Å². The van der Waals surface area contributed by atoms with Crippen LogP contribution in [0.5, 0.6) is 0 Å². The minimum atomic E-state index is -3.40. The Labute approximate surface area is 114 Å². The fourth-order valence-corrected chi connectivity index (χ4v) is 4.10. The van der Waals surface area contributed by atoms with Gasteiger partial charge in [0, 0.05) is 18.8 Å². The number of para-hydroxylation sites is 1. The first-order chi connectivity index (χ1) is 8.86. The Hall–Kier alpha value is -1.11. The molecule has 19 heavy (non-hydrogen) atoms. The van der Waals surface area contributed by atoms with Gasteiger partial charge in [-0.1, -0.05) is 31.5 Å². The van der Waals surface area contributed by atoms with Crippen LogP contribution in [0.2, 0.25) is 0 Å². The quantitative estimate of drug-likeness (QED) is 0.788. The lowest BCUT2D eigenvalue weighted by Crippen LogP contribution is -2.63. The summed E-state index contributed by atoms with van der Waals surface area (Å²) in [6.45, 7) is 2.35. The maximum absolute atomic E-state index is 12.2. The topological polar surface area (TPSA) is 83.6 Å². The van der Waals surface area contributed by atoms with Gasteiger partial charge in [-0.3, -0.25) is 0 Å². The van der Waals surface area contributed by atoms with Gasteiger partial charge in [-0.15, -0.1) is 0 Å². The molecule has 5 nitrogen and oxygen atoms in total. The van der Waals surface area contributed by atoms with Crippen LogP contribution in [0.15, 0.2) is 24.3 Å². The molecule has 1 aromatic carbocycles. The zero-order chi connectivity index (χ0) is 14.1. The molecule has 0 radical (unpaired) electrons. The molecular formula is C13H20N2O3S. The second-order valence-corrected chi connectivity index (χ2v) is 7.17.